The lowest BCUT2D eigenvalue weighted by molar-refractivity contribution is 0.0601. The van der Waals surface area contributed by atoms with Crippen LogP contribution in [0.4, 0.5) is 11.4 Å². The van der Waals surface area contributed by atoms with Crippen LogP contribution in [-0.2, 0) is 4.74 Å². The highest BCUT2D eigenvalue weighted by Gasteiger charge is 2.11. The maximum Gasteiger partial charge on any atom is 0.337 e. The van der Waals surface area contributed by atoms with Crippen LogP contribution in [-0.4, -0.2) is 13.1 Å². The molecule has 0 spiro atoms. The van der Waals surface area contributed by atoms with Gasteiger partial charge in [-0.15, -0.1) is 0 Å². The molecule has 110 valence electrons. The van der Waals surface area contributed by atoms with Gasteiger partial charge in [-0.25, -0.2) is 4.79 Å². The summed E-state index contributed by atoms with van der Waals surface area (Å²) in [5.41, 5.74) is 8.74. The number of rotatable bonds is 4. The first-order valence-corrected chi connectivity index (χ1v) is 6.89. The van der Waals surface area contributed by atoms with Crippen LogP contribution >= 0.6 is 11.6 Å². The molecule has 0 fully saturated rings. The number of hydrogen-bond donors (Lipinski definition) is 2. The van der Waals surface area contributed by atoms with Crippen LogP contribution in [0.3, 0.4) is 0 Å². The second-order valence-electron chi connectivity index (χ2n) is 4.71. The molecule has 21 heavy (non-hydrogen) atoms. The van der Waals surface area contributed by atoms with Crippen LogP contribution in [0.2, 0.25) is 5.02 Å². The molecule has 2 rings (SSSR count). The van der Waals surface area contributed by atoms with Crippen LogP contribution in [0.15, 0.2) is 42.5 Å². The summed E-state index contributed by atoms with van der Waals surface area (Å²) in [6.45, 7) is 2.01. The zero-order valence-corrected chi connectivity index (χ0v) is 12.6. The maximum absolute atomic E-state index is 11.6. The smallest absolute Gasteiger partial charge is 0.337 e. The summed E-state index contributed by atoms with van der Waals surface area (Å²) in [4.78, 5) is 11.6. The molecule has 0 aromatic heterocycles. The summed E-state index contributed by atoms with van der Waals surface area (Å²) in [5, 5.41) is 3.98. The van der Waals surface area contributed by atoms with Gasteiger partial charge in [0.15, 0.2) is 0 Å². The van der Waals surface area contributed by atoms with Crippen molar-refractivity contribution in [2.75, 3.05) is 18.2 Å². The van der Waals surface area contributed by atoms with E-state index >= 15 is 0 Å². The number of methoxy groups -OCH3 is 1. The van der Waals surface area contributed by atoms with Gasteiger partial charge in [0.2, 0.25) is 0 Å². The fourth-order valence-electron chi connectivity index (χ4n) is 1.99. The molecule has 2 aromatic rings. The molecule has 5 heteroatoms. The number of carbonyl (C=O) groups excluding carboxylic acids is 1. The normalized spacial score (nSPS) is 11.8. The fraction of sp³-hybridized carbons (Fsp3) is 0.188. The van der Waals surface area contributed by atoms with E-state index < -0.39 is 5.97 Å². The van der Waals surface area contributed by atoms with Crippen LogP contribution in [0.5, 0.6) is 0 Å². The van der Waals surface area contributed by atoms with Crippen molar-refractivity contribution >= 4 is 28.9 Å². The first-order valence-electron chi connectivity index (χ1n) is 6.51. The Kier molecular flexibility index (Phi) is 4.70. The molecule has 2 aromatic carbocycles. The Morgan fingerprint density at radius 1 is 1.24 bits per heavy atom. The van der Waals surface area contributed by atoms with E-state index in [1.807, 2.05) is 31.2 Å². The lowest BCUT2D eigenvalue weighted by atomic mass is 10.1. The van der Waals surface area contributed by atoms with E-state index in [-0.39, 0.29) is 6.04 Å². The minimum atomic E-state index is -0.391. The van der Waals surface area contributed by atoms with Crippen molar-refractivity contribution < 1.29 is 9.53 Å². The monoisotopic (exact) mass is 304 g/mol. The summed E-state index contributed by atoms with van der Waals surface area (Å²) in [5.74, 6) is -0.391. The van der Waals surface area contributed by atoms with E-state index in [0.29, 0.717) is 22.0 Å². The number of ether oxygens (including phenoxy) is 1. The number of hydrogen-bond acceptors (Lipinski definition) is 4. The average Bonchev–Trinajstić information content (AvgIpc) is 2.49. The third-order valence-electron chi connectivity index (χ3n) is 3.22. The first-order chi connectivity index (χ1) is 10.0. The molecule has 1 unspecified atom stereocenters. The summed E-state index contributed by atoms with van der Waals surface area (Å²) in [7, 11) is 1.35. The molecule has 0 aliphatic rings. The number of carbonyl (C=O) groups is 1. The van der Waals surface area contributed by atoms with Crippen molar-refractivity contribution in [3.63, 3.8) is 0 Å². The van der Waals surface area contributed by atoms with E-state index in [0.717, 1.165) is 5.56 Å². The van der Waals surface area contributed by atoms with E-state index in [2.05, 4.69) is 5.32 Å². The van der Waals surface area contributed by atoms with Crippen molar-refractivity contribution in [1.29, 1.82) is 0 Å². The van der Waals surface area contributed by atoms with Crippen LogP contribution in [0, 0.1) is 0 Å². The van der Waals surface area contributed by atoms with Gasteiger partial charge in [-0.2, -0.15) is 0 Å². The number of nitrogens with two attached hydrogens (primary N) is 1. The van der Waals surface area contributed by atoms with Crippen molar-refractivity contribution in [3.8, 4) is 0 Å². The molecular formula is C16H17ClN2O2. The molecule has 0 amide bonds. The average molecular weight is 305 g/mol. The number of esters is 1. The van der Waals surface area contributed by atoms with Gasteiger partial charge in [0.05, 0.1) is 24.0 Å². The fourth-order valence-corrected chi connectivity index (χ4v) is 2.12. The Morgan fingerprint density at radius 2 is 1.90 bits per heavy atom. The Hall–Kier alpha value is -2.20. The Labute approximate surface area is 128 Å². The number of anilines is 2. The van der Waals surface area contributed by atoms with Gasteiger partial charge in [-0.05, 0) is 42.8 Å². The molecule has 0 aliphatic heterocycles. The Balaban J connectivity index is 2.22. The van der Waals surface area contributed by atoms with E-state index in [9.17, 15) is 4.79 Å². The van der Waals surface area contributed by atoms with Gasteiger partial charge >= 0.3 is 5.97 Å². The van der Waals surface area contributed by atoms with Gasteiger partial charge in [0.1, 0.15) is 0 Å². The highest BCUT2D eigenvalue weighted by atomic mass is 35.5. The summed E-state index contributed by atoms with van der Waals surface area (Å²) < 4.78 is 4.71. The molecule has 0 radical (unpaired) electrons. The van der Waals surface area contributed by atoms with Gasteiger partial charge in [-0.1, -0.05) is 23.7 Å². The molecule has 0 saturated carbocycles. The third kappa shape index (κ3) is 3.67. The van der Waals surface area contributed by atoms with Gasteiger partial charge in [0.25, 0.3) is 0 Å². The minimum absolute atomic E-state index is 0.0254. The molecule has 0 heterocycles. The van der Waals surface area contributed by atoms with Crippen LogP contribution in [0.1, 0.15) is 28.9 Å². The predicted octanol–water partition coefficient (Wildman–Crippen LogP) is 3.88. The van der Waals surface area contributed by atoms with Crippen molar-refractivity contribution in [1.82, 2.24) is 0 Å². The second-order valence-corrected chi connectivity index (χ2v) is 5.15. The number of benzene rings is 2. The van der Waals surface area contributed by atoms with Gasteiger partial charge in [-0.3, -0.25) is 0 Å². The molecule has 4 nitrogen and oxygen atoms in total. The van der Waals surface area contributed by atoms with Gasteiger partial charge in [0, 0.05) is 11.1 Å². The Morgan fingerprint density at radius 3 is 2.52 bits per heavy atom. The summed E-state index contributed by atoms with van der Waals surface area (Å²) in [6, 6.07) is 12.6. The quantitative estimate of drug-likeness (QED) is 0.664. The maximum atomic E-state index is 11.6. The number of nitrogens with one attached hydrogen (secondary N) is 1. The highest BCUT2D eigenvalue weighted by molar-refractivity contribution is 6.30. The van der Waals surface area contributed by atoms with Crippen molar-refractivity contribution in [2.45, 2.75) is 13.0 Å². The Bertz CT molecular complexity index is 641. The van der Waals surface area contributed by atoms with E-state index in [1.165, 1.54) is 7.11 Å². The molecular weight excluding hydrogens is 288 g/mol. The lowest BCUT2D eigenvalue weighted by Gasteiger charge is -2.18. The first kappa shape index (κ1) is 15.2. The zero-order chi connectivity index (χ0) is 15.4. The SMILES string of the molecule is COC(=O)c1ccc(N)c(NC(C)c2ccc(Cl)cc2)c1. The topological polar surface area (TPSA) is 64.3 Å². The molecule has 3 N–H and O–H groups in total. The van der Waals surface area contributed by atoms with E-state index in [4.69, 9.17) is 22.1 Å². The van der Waals surface area contributed by atoms with Crippen molar-refractivity contribution in [3.05, 3.63) is 58.6 Å². The minimum Gasteiger partial charge on any atom is -0.465 e. The standard InChI is InChI=1S/C16H17ClN2O2/c1-10(11-3-6-13(17)7-4-11)19-15-9-12(16(20)21-2)5-8-14(15)18/h3-10,19H,18H2,1-2H3. The van der Waals surface area contributed by atoms with E-state index in [1.54, 1.807) is 18.2 Å². The van der Waals surface area contributed by atoms with Crippen LogP contribution < -0.4 is 11.1 Å². The predicted molar refractivity (Wildman–Crippen MR) is 85.7 cm³/mol. The highest BCUT2D eigenvalue weighted by Crippen LogP contribution is 2.26. The zero-order valence-electron chi connectivity index (χ0n) is 11.9. The third-order valence-corrected chi connectivity index (χ3v) is 3.47. The molecule has 0 bridgehead atoms. The number of halogens is 1. The lowest BCUT2D eigenvalue weighted by Crippen LogP contribution is -2.10. The largest absolute Gasteiger partial charge is 0.465 e. The van der Waals surface area contributed by atoms with Gasteiger partial charge < -0.3 is 15.8 Å². The summed E-state index contributed by atoms with van der Waals surface area (Å²) >= 11 is 5.88. The molecule has 0 aliphatic carbocycles. The summed E-state index contributed by atoms with van der Waals surface area (Å²) in [6.07, 6.45) is 0. The van der Waals surface area contributed by atoms with Crippen LogP contribution in [0.25, 0.3) is 0 Å². The van der Waals surface area contributed by atoms with Crippen molar-refractivity contribution in [2.24, 2.45) is 0 Å². The molecule has 0 saturated heterocycles. The second kappa shape index (κ2) is 6.50. The number of nitrogen functional groups attached to an aromatic ring is 1. The molecule has 1 atom stereocenters.